The Kier molecular flexibility index (Phi) is 5.05. The second kappa shape index (κ2) is 6.99. The zero-order chi connectivity index (χ0) is 15.2. The molecule has 6 heteroatoms. The number of nitrogens with one attached hydrogen (secondary N) is 1. The van der Waals surface area contributed by atoms with Crippen molar-refractivity contribution in [1.82, 2.24) is 15.5 Å². The number of amides is 1. The van der Waals surface area contributed by atoms with E-state index in [0.717, 1.165) is 12.0 Å². The van der Waals surface area contributed by atoms with Gasteiger partial charge in [0.1, 0.15) is 0 Å². The van der Waals surface area contributed by atoms with Crippen LogP contribution in [-0.4, -0.2) is 33.8 Å². The second-order valence-electron chi connectivity index (χ2n) is 4.81. The van der Waals surface area contributed by atoms with Gasteiger partial charge in [0.2, 0.25) is 11.7 Å². The molecule has 0 aliphatic carbocycles. The Bertz CT molecular complexity index is 610. The van der Waals surface area contributed by atoms with Gasteiger partial charge in [-0.1, -0.05) is 24.2 Å². The van der Waals surface area contributed by atoms with Crippen LogP contribution in [0.2, 0.25) is 0 Å². The molecule has 0 aliphatic rings. The predicted molar refractivity (Wildman–Crippen MR) is 77.7 cm³/mol. The maximum atomic E-state index is 12.2. The molecule has 0 saturated carbocycles. The number of aliphatic hydroxyl groups excluding tert-OH is 1. The molecule has 1 amide bonds. The molecule has 1 aromatic heterocycles. The summed E-state index contributed by atoms with van der Waals surface area (Å²) in [4.78, 5) is 16.4. The van der Waals surface area contributed by atoms with Crippen LogP contribution < -0.4 is 5.32 Å². The molecule has 0 radical (unpaired) electrons. The number of rotatable bonds is 6. The van der Waals surface area contributed by atoms with Crippen molar-refractivity contribution in [3.8, 4) is 11.4 Å². The molecule has 0 bridgehead atoms. The third-order valence-corrected chi connectivity index (χ3v) is 3.22. The van der Waals surface area contributed by atoms with Crippen LogP contribution in [0.1, 0.15) is 36.0 Å². The molecule has 1 heterocycles. The van der Waals surface area contributed by atoms with E-state index in [1.807, 2.05) is 13.0 Å². The summed E-state index contributed by atoms with van der Waals surface area (Å²) in [5.41, 5.74) is 1.26. The number of hydrogen-bond donors (Lipinski definition) is 2. The predicted octanol–water partition coefficient (Wildman–Crippen LogP) is 1.94. The molecular weight excluding hydrogens is 270 g/mol. The van der Waals surface area contributed by atoms with E-state index in [1.165, 1.54) is 0 Å². The van der Waals surface area contributed by atoms with Crippen LogP contribution in [-0.2, 0) is 0 Å². The zero-order valence-corrected chi connectivity index (χ0v) is 12.2. The lowest BCUT2D eigenvalue weighted by atomic mass is 10.1. The van der Waals surface area contributed by atoms with Gasteiger partial charge >= 0.3 is 0 Å². The highest BCUT2D eigenvalue weighted by Crippen LogP contribution is 2.17. The summed E-state index contributed by atoms with van der Waals surface area (Å²) in [5, 5.41) is 15.7. The SMILES string of the molecule is CCC(CCO)NC(=O)c1cccc(-c2noc(C)n2)c1. The Labute approximate surface area is 123 Å². The summed E-state index contributed by atoms with van der Waals surface area (Å²) in [6.45, 7) is 3.74. The van der Waals surface area contributed by atoms with Gasteiger partial charge in [-0.05, 0) is 25.0 Å². The fraction of sp³-hybridized carbons (Fsp3) is 0.400. The molecule has 0 aliphatic heterocycles. The maximum absolute atomic E-state index is 12.2. The number of hydrogen-bond acceptors (Lipinski definition) is 5. The van der Waals surface area contributed by atoms with Gasteiger partial charge in [0.15, 0.2) is 0 Å². The van der Waals surface area contributed by atoms with Gasteiger partial charge in [-0.25, -0.2) is 0 Å². The minimum atomic E-state index is -0.169. The molecule has 2 aromatic rings. The average molecular weight is 289 g/mol. The van der Waals surface area contributed by atoms with Crippen LogP contribution in [0.3, 0.4) is 0 Å². The molecular formula is C15H19N3O3. The monoisotopic (exact) mass is 289 g/mol. The van der Waals surface area contributed by atoms with Crippen molar-refractivity contribution in [2.75, 3.05) is 6.61 Å². The smallest absolute Gasteiger partial charge is 0.251 e. The van der Waals surface area contributed by atoms with Gasteiger partial charge in [0.05, 0.1) is 0 Å². The van der Waals surface area contributed by atoms with Crippen LogP contribution in [0.4, 0.5) is 0 Å². The molecule has 1 aromatic carbocycles. The number of nitrogens with zero attached hydrogens (tertiary/aromatic N) is 2. The Morgan fingerprint density at radius 3 is 2.90 bits per heavy atom. The highest BCUT2D eigenvalue weighted by atomic mass is 16.5. The first-order chi connectivity index (χ1) is 10.1. The van der Waals surface area contributed by atoms with Crippen molar-refractivity contribution in [1.29, 1.82) is 0 Å². The third-order valence-electron chi connectivity index (χ3n) is 3.22. The van der Waals surface area contributed by atoms with Crippen molar-refractivity contribution in [3.63, 3.8) is 0 Å². The normalized spacial score (nSPS) is 12.1. The van der Waals surface area contributed by atoms with Crippen LogP contribution >= 0.6 is 0 Å². The van der Waals surface area contributed by atoms with Crippen LogP contribution in [0.15, 0.2) is 28.8 Å². The molecule has 0 fully saturated rings. The van der Waals surface area contributed by atoms with Crippen LogP contribution in [0.25, 0.3) is 11.4 Å². The van der Waals surface area contributed by atoms with E-state index in [1.54, 1.807) is 25.1 Å². The molecule has 0 spiro atoms. The molecule has 0 saturated heterocycles. The Morgan fingerprint density at radius 2 is 2.29 bits per heavy atom. The van der Waals surface area contributed by atoms with Gasteiger partial charge in [0, 0.05) is 30.7 Å². The average Bonchev–Trinajstić information content (AvgIpc) is 2.93. The number of aliphatic hydroxyl groups is 1. The summed E-state index contributed by atoms with van der Waals surface area (Å²) < 4.78 is 4.94. The van der Waals surface area contributed by atoms with Crippen molar-refractivity contribution in [2.45, 2.75) is 32.7 Å². The number of aryl methyl sites for hydroxylation is 1. The number of benzene rings is 1. The second-order valence-corrected chi connectivity index (χ2v) is 4.81. The first-order valence-electron chi connectivity index (χ1n) is 6.96. The van der Waals surface area contributed by atoms with Gasteiger partial charge in [-0.3, -0.25) is 4.79 Å². The fourth-order valence-electron chi connectivity index (χ4n) is 2.02. The summed E-state index contributed by atoms with van der Waals surface area (Å²) in [6, 6.07) is 7.04. The molecule has 2 N–H and O–H groups in total. The summed E-state index contributed by atoms with van der Waals surface area (Å²) in [6.07, 6.45) is 1.32. The zero-order valence-electron chi connectivity index (χ0n) is 12.2. The summed E-state index contributed by atoms with van der Waals surface area (Å²) >= 11 is 0. The van der Waals surface area contributed by atoms with Gasteiger partial charge in [0.25, 0.3) is 5.91 Å². The summed E-state index contributed by atoms with van der Waals surface area (Å²) in [7, 11) is 0. The molecule has 1 atom stereocenters. The quantitative estimate of drug-likeness (QED) is 0.848. The van der Waals surface area contributed by atoms with Gasteiger partial charge < -0.3 is 14.9 Å². The first kappa shape index (κ1) is 15.2. The van der Waals surface area contributed by atoms with E-state index >= 15 is 0 Å². The number of carbonyl (C=O) groups is 1. The lowest BCUT2D eigenvalue weighted by Crippen LogP contribution is -2.35. The van der Waals surface area contributed by atoms with Crippen LogP contribution in [0, 0.1) is 6.92 Å². The highest BCUT2D eigenvalue weighted by Gasteiger charge is 2.13. The van der Waals surface area contributed by atoms with Crippen molar-refractivity contribution >= 4 is 5.91 Å². The Balaban J connectivity index is 2.15. The Hall–Kier alpha value is -2.21. The minimum Gasteiger partial charge on any atom is -0.396 e. The van der Waals surface area contributed by atoms with E-state index in [9.17, 15) is 4.79 Å². The topological polar surface area (TPSA) is 88.2 Å². The van der Waals surface area contributed by atoms with Crippen molar-refractivity contribution in [2.24, 2.45) is 0 Å². The van der Waals surface area contributed by atoms with E-state index in [4.69, 9.17) is 9.63 Å². The molecule has 112 valence electrons. The molecule has 21 heavy (non-hydrogen) atoms. The fourth-order valence-corrected chi connectivity index (χ4v) is 2.02. The van der Waals surface area contributed by atoms with E-state index in [0.29, 0.717) is 23.7 Å². The molecule has 1 unspecified atom stereocenters. The van der Waals surface area contributed by atoms with Gasteiger partial charge in [-0.2, -0.15) is 4.98 Å². The summed E-state index contributed by atoms with van der Waals surface area (Å²) in [5.74, 6) is 0.774. The largest absolute Gasteiger partial charge is 0.396 e. The number of aromatic nitrogens is 2. The highest BCUT2D eigenvalue weighted by molar-refractivity contribution is 5.95. The van der Waals surface area contributed by atoms with Crippen molar-refractivity contribution < 1.29 is 14.4 Å². The Morgan fingerprint density at radius 1 is 1.48 bits per heavy atom. The van der Waals surface area contributed by atoms with Gasteiger partial charge in [-0.15, -0.1) is 0 Å². The van der Waals surface area contributed by atoms with E-state index in [-0.39, 0.29) is 18.6 Å². The maximum Gasteiger partial charge on any atom is 0.251 e. The molecule has 2 rings (SSSR count). The standard InChI is InChI=1S/C15H19N3O3/c1-3-13(7-8-19)17-15(20)12-6-4-5-11(9-12)14-16-10(2)21-18-14/h4-6,9,13,19H,3,7-8H2,1-2H3,(H,17,20). The number of carbonyl (C=O) groups excluding carboxylic acids is 1. The molecule has 6 nitrogen and oxygen atoms in total. The van der Waals surface area contributed by atoms with Crippen LogP contribution in [0.5, 0.6) is 0 Å². The van der Waals surface area contributed by atoms with E-state index < -0.39 is 0 Å². The lowest BCUT2D eigenvalue weighted by molar-refractivity contribution is 0.0929. The first-order valence-corrected chi connectivity index (χ1v) is 6.96. The third kappa shape index (κ3) is 3.88. The minimum absolute atomic E-state index is 0.0291. The van der Waals surface area contributed by atoms with Crippen molar-refractivity contribution in [3.05, 3.63) is 35.7 Å². The lowest BCUT2D eigenvalue weighted by Gasteiger charge is -2.15. The van der Waals surface area contributed by atoms with E-state index in [2.05, 4.69) is 15.5 Å².